The van der Waals surface area contributed by atoms with Gasteiger partial charge in [0.1, 0.15) is 0 Å². The Morgan fingerprint density at radius 1 is 1.05 bits per heavy atom. The van der Waals surface area contributed by atoms with Crippen LogP contribution in [0, 0.1) is 0 Å². The summed E-state index contributed by atoms with van der Waals surface area (Å²) in [4.78, 5) is 15.7. The lowest BCUT2D eigenvalue weighted by molar-refractivity contribution is 0.0699. The second kappa shape index (κ2) is 5.07. The van der Waals surface area contributed by atoms with Crippen molar-refractivity contribution in [2.24, 2.45) is 0 Å². The van der Waals surface area contributed by atoms with Gasteiger partial charge in [-0.25, -0.2) is 9.78 Å². The topological polar surface area (TPSA) is 70.4 Å². The van der Waals surface area contributed by atoms with Gasteiger partial charge in [-0.15, -0.1) is 0 Å². The zero-order valence-electron chi connectivity index (χ0n) is 10.7. The van der Waals surface area contributed by atoms with Gasteiger partial charge in [-0.1, -0.05) is 41.9 Å². The molecule has 0 saturated heterocycles. The van der Waals surface area contributed by atoms with E-state index in [1.807, 2.05) is 0 Å². The number of aromatic nitrogens is 1. The number of para-hydroxylation sites is 1. The molecule has 4 nitrogen and oxygen atoms in total. The van der Waals surface area contributed by atoms with Crippen LogP contribution in [0.5, 0.6) is 5.88 Å². The van der Waals surface area contributed by atoms with Crippen molar-refractivity contribution >= 4 is 28.5 Å². The van der Waals surface area contributed by atoms with Crippen molar-refractivity contribution < 1.29 is 15.0 Å². The van der Waals surface area contributed by atoms with E-state index in [0.29, 0.717) is 21.5 Å². The number of rotatable bonds is 2. The SMILES string of the molecule is O=C(O)c1c(-c2ccc(Cl)cc2)c(O)nc2ccccc12. The number of halogens is 1. The molecule has 0 radical (unpaired) electrons. The summed E-state index contributed by atoms with van der Waals surface area (Å²) in [5.74, 6) is -1.43. The van der Waals surface area contributed by atoms with E-state index in [1.165, 1.54) is 0 Å². The molecule has 0 aliphatic rings. The molecular weight excluding hydrogens is 290 g/mol. The van der Waals surface area contributed by atoms with Crippen molar-refractivity contribution in [2.45, 2.75) is 0 Å². The minimum Gasteiger partial charge on any atom is -0.493 e. The molecule has 0 spiro atoms. The highest BCUT2D eigenvalue weighted by atomic mass is 35.5. The monoisotopic (exact) mass is 299 g/mol. The molecule has 0 saturated carbocycles. The summed E-state index contributed by atoms with van der Waals surface area (Å²) in [5.41, 5.74) is 1.20. The van der Waals surface area contributed by atoms with Crippen molar-refractivity contribution in [1.82, 2.24) is 4.98 Å². The third kappa shape index (κ3) is 2.30. The third-order valence-electron chi connectivity index (χ3n) is 3.22. The highest BCUT2D eigenvalue weighted by Crippen LogP contribution is 2.36. The third-order valence-corrected chi connectivity index (χ3v) is 3.47. The fraction of sp³-hybridized carbons (Fsp3) is 0. The van der Waals surface area contributed by atoms with Gasteiger partial charge < -0.3 is 10.2 Å². The first kappa shape index (κ1) is 13.4. The molecular formula is C16H10ClNO3. The zero-order valence-corrected chi connectivity index (χ0v) is 11.5. The van der Waals surface area contributed by atoms with E-state index in [1.54, 1.807) is 48.5 Å². The second-order valence-electron chi connectivity index (χ2n) is 4.51. The van der Waals surface area contributed by atoms with Crippen LogP contribution in [-0.4, -0.2) is 21.2 Å². The molecule has 1 aromatic heterocycles. The molecule has 0 aliphatic carbocycles. The van der Waals surface area contributed by atoms with Gasteiger partial charge in [0.15, 0.2) is 0 Å². The summed E-state index contributed by atoms with van der Waals surface area (Å²) in [5, 5.41) is 20.7. The molecule has 0 amide bonds. The number of nitrogens with zero attached hydrogens (tertiary/aromatic N) is 1. The fourth-order valence-electron chi connectivity index (χ4n) is 2.31. The Morgan fingerprint density at radius 2 is 1.71 bits per heavy atom. The first-order chi connectivity index (χ1) is 10.1. The first-order valence-electron chi connectivity index (χ1n) is 6.19. The van der Waals surface area contributed by atoms with Crippen LogP contribution in [0.4, 0.5) is 0 Å². The summed E-state index contributed by atoms with van der Waals surface area (Å²) in [6.45, 7) is 0. The van der Waals surface area contributed by atoms with Gasteiger partial charge >= 0.3 is 5.97 Å². The van der Waals surface area contributed by atoms with Crippen LogP contribution in [0.25, 0.3) is 22.0 Å². The van der Waals surface area contributed by atoms with E-state index in [0.717, 1.165) is 0 Å². The molecule has 0 fully saturated rings. The highest BCUT2D eigenvalue weighted by molar-refractivity contribution is 6.30. The van der Waals surface area contributed by atoms with Crippen molar-refractivity contribution in [3.05, 3.63) is 59.1 Å². The van der Waals surface area contributed by atoms with Gasteiger partial charge in [0.25, 0.3) is 0 Å². The van der Waals surface area contributed by atoms with Crippen molar-refractivity contribution in [2.75, 3.05) is 0 Å². The second-order valence-corrected chi connectivity index (χ2v) is 4.95. The Labute approximate surface area is 125 Å². The molecule has 2 aromatic carbocycles. The molecule has 0 atom stereocenters. The number of carboxylic acid groups (broad SMARTS) is 1. The molecule has 0 aliphatic heterocycles. The van der Waals surface area contributed by atoms with E-state index in [4.69, 9.17) is 11.6 Å². The predicted octanol–water partition coefficient (Wildman–Crippen LogP) is 3.96. The van der Waals surface area contributed by atoms with E-state index >= 15 is 0 Å². The van der Waals surface area contributed by atoms with Crippen LogP contribution in [0.2, 0.25) is 5.02 Å². The summed E-state index contributed by atoms with van der Waals surface area (Å²) in [6, 6.07) is 13.4. The van der Waals surface area contributed by atoms with Crippen molar-refractivity contribution in [1.29, 1.82) is 0 Å². The van der Waals surface area contributed by atoms with Crippen molar-refractivity contribution in [3.63, 3.8) is 0 Å². The molecule has 3 rings (SSSR count). The van der Waals surface area contributed by atoms with Gasteiger partial charge in [-0.05, 0) is 23.8 Å². The molecule has 0 unspecified atom stereocenters. The van der Waals surface area contributed by atoms with Crippen LogP contribution in [-0.2, 0) is 0 Å². The molecule has 3 aromatic rings. The van der Waals surface area contributed by atoms with Gasteiger partial charge in [0, 0.05) is 10.4 Å². The molecule has 2 N–H and O–H groups in total. The normalized spacial score (nSPS) is 10.7. The molecule has 21 heavy (non-hydrogen) atoms. The Bertz CT molecular complexity index is 844. The number of hydrogen-bond donors (Lipinski definition) is 2. The van der Waals surface area contributed by atoms with Crippen LogP contribution in [0.15, 0.2) is 48.5 Å². The van der Waals surface area contributed by atoms with Gasteiger partial charge in [-0.3, -0.25) is 0 Å². The molecule has 5 heteroatoms. The summed E-state index contributed by atoms with van der Waals surface area (Å²) < 4.78 is 0. The predicted molar refractivity (Wildman–Crippen MR) is 80.8 cm³/mol. The first-order valence-corrected chi connectivity index (χ1v) is 6.56. The molecule has 104 valence electrons. The minimum atomic E-state index is -1.12. The number of aromatic carboxylic acids is 1. The number of carbonyl (C=O) groups is 1. The maximum absolute atomic E-state index is 11.7. The number of carboxylic acids is 1. The maximum atomic E-state index is 11.7. The smallest absolute Gasteiger partial charge is 0.337 e. The Morgan fingerprint density at radius 3 is 2.38 bits per heavy atom. The van der Waals surface area contributed by atoms with Crippen LogP contribution in [0.1, 0.15) is 10.4 Å². The Hall–Kier alpha value is -2.59. The Kier molecular flexibility index (Phi) is 3.23. The van der Waals surface area contributed by atoms with Gasteiger partial charge in [-0.2, -0.15) is 0 Å². The zero-order chi connectivity index (χ0) is 15.0. The standard InChI is InChI=1S/C16H10ClNO3/c17-10-7-5-9(6-8-10)13-14(16(20)21)11-3-1-2-4-12(11)18-15(13)19/h1-8H,(H,18,19)(H,20,21). The highest BCUT2D eigenvalue weighted by Gasteiger charge is 2.21. The number of benzene rings is 2. The van der Waals surface area contributed by atoms with E-state index in [9.17, 15) is 15.0 Å². The summed E-state index contributed by atoms with van der Waals surface area (Å²) in [6.07, 6.45) is 0. The quantitative estimate of drug-likeness (QED) is 0.751. The van der Waals surface area contributed by atoms with Crippen LogP contribution in [0.3, 0.4) is 0 Å². The number of fused-ring (bicyclic) bond motifs is 1. The Balaban J connectivity index is 2.41. The van der Waals surface area contributed by atoms with Crippen molar-refractivity contribution in [3.8, 4) is 17.0 Å². The van der Waals surface area contributed by atoms with E-state index < -0.39 is 5.97 Å². The maximum Gasteiger partial charge on any atom is 0.337 e. The van der Waals surface area contributed by atoms with Crippen LogP contribution >= 0.6 is 11.6 Å². The minimum absolute atomic E-state index is 0.0282. The van der Waals surface area contributed by atoms with Gasteiger partial charge in [0.05, 0.1) is 16.6 Å². The molecule has 1 heterocycles. The summed E-state index contributed by atoms with van der Waals surface area (Å²) in [7, 11) is 0. The number of aromatic hydroxyl groups is 1. The average molecular weight is 300 g/mol. The lowest BCUT2D eigenvalue weighted by Gasteiger charge is -2.11. The molecule has 0 bridgehead atoms. The van der Waals surface area contributed by atoms with E-state index in [2.05, 4.69) is 4.98 Å². The lowest BCUT2D eigenvalue weighted by Crippen LogP contribution is -2.03. The number of hydrogen-bond acceptors (Lipinski definition) is 3. The average Bonchev–Trinajstić information content (AvgIpc) is 2.46. The van der Waals surface area contributed by atoms with E-state index in [-0.39, 0.29) is 17.0 Å². The van der Waals surface area contributed by atoms with Gasteiger partial charge in [0.2, 0.25) is 5.88 Å². The fourth-order valence-corrected chi connectivity index (χ4v) is 2.44. The lowest BCUT2D eigenvalue weighted by atomic mass is 9.97. The summed E-state index contributed by atoms with van der Waals surface area (Å²) >= 11 is 5.84. The van der Waals surface area contributed by atoms with Crippen LogP contribution < -0.4 is 0 Å². The largest absolute Gasteiger partial charge is 0.493 e. The number of pyridine rings is 1.